The zero-order chi connectivity index (χ0) is 14.0. The third-order valence-corrected chi connectivity index (χ3v) is 3.39. The van der Waals surface area contributed by atoms with Gasteiger partial charge in [-0.05, 0) is 25.1 Å². The highest BCUT2D eigenvalue weighted by Gasteiger charge is 2.10. The molecule has 2 aromatic rings. The molecule has 102 valence electrons. The van der Waals surface area contributed by atoms with Crippen LogP contribution in [-0.2, 0) is 16.6 Å². The molecule has 1 aromatic carbocycles. The molecule has 0 saturated heterocycles. The Morgan fingerprint density at radius 2 is 2.11 bits per heavy atom. The van der Waals surface area contributed by atoms with Crippen molar-refractivity contribution >= 4 is 21.4 Å². The number of rotatable bonds is 4. The summed E-state index contributed by atoms with van der Waals surface area (Å²) >= 11 is 0. The average Bonchev–Trinajstić information content (AvgIpc) is 2.72. The van der Waals surface area contributed by atoms with E-state index in [-0.39, 0.29) is 4.90 Å². The van der Waals surface area contributed by atoms with Crippen LogP contribution in [0.25, 0.3) is 0 Å². The SMILES string of the molecule is Cc1cc(CNc2ccc(S(N)(=O)=O)cc2N)on1. The van der Waals surface area contributed by atoms with Crippen molar-refractivity contribution in [3.05, 3.63) is 35.7 Å². The number of nitrogen functional groups attached to an aromatic ring is 1. The van der Waals surface area contributed by atoms with E-state index < -0.39 is 10.0 Å². The highest BCUT2D eigenvalue weighted by atomic mass is 32.2. The van der Waals surface area contributed by atoms with Gasteiger partial charge in [0.15, 0.2) is 5.76 Å². The van der Waals surface area contributed by atoms with Crippen LogP contribution >= 0.6 is 0 Å². The molecule has 7 nitrogen and oxygen atoms in total. The Morgan fingerprint density at radius 3 is 2.63 bits per heavy atom. The van der Waals surface area contributed by atoms with Crippen molar-refractivity contribution in [2.45, 2.75) is 18.4 Å². The molecular formula is C11H14N4O3S. The number of nitrogens with one attached hydrogen (secondary N) is 1. The van der Waals surface area contributed by atoms with Gasteiger partial charge in [0, 0.05) is 6.07 Å². The van der Waals surface area contributed by atoms with E-state index in [4.69, 9.17) is 15.4 Å². The minimum atomic E-state index is -3.74. The smallest absolute Gasteiger partial charge is 0.238 e. The topological polar surface area (TPSA) is 124 Å². The average molecular weight is 282 g/mol. The van der Waals surface area contributed by atoms with E-state index in [1.807, 2.05) is 6.92 Å². The summed E-state index contributed by atoms with van der Waals surface area (Å²) in [4.78, 5) is -0.0222. The van der Waals surface area contributed by atoms with Gasteiger partial charge in [0.05, 0.1) is 28.5 Å². The molecule has 2 rings (SSSR count). The molecule has 1 heterocycles. The molecule has 8 heteroatoms. The number of anilines is 2. The van der Waals surface area contributed by atoms with Crippen molar-refractivity contribution in [2.75, 3.05) is 11.1 Å². The van der Waals surface area contributed by atoms with Gasteiger partial charge in [-0.1, -0.05) is 5.16 Å². The largest absolute Gasteiger partial charge is 0.397 e. The van der Waals surface area contributed by atoms with Crippen molar-refractivity contribution in [3.63, 3.8) is 0 Å². The van der Waals surface area contributed by atoms with Crippen LogP contribution < -0.4 is 16.2 Å². The lowest BCUT2D eigenvalue weighted by atomic mass is 10.2. The highest BCUT2D eigenvalue weighted by Crippen LogP contribution is 2.22. The predicted molar refractivity (Wildman–Crippen MR) is 70.8 cm³/mol. The molecule has 0 aliphatic rings. The number of aryl methyl sites for hydroxylation is 1. The summed E-state index contributed by atoms with van der Waals surface area (Å²) in [7, 11) is -3.74. The van der Waals surface area contributed by atoms with E-state index in [0.717, 1.165) is 5.69 Å². The van der Waals surface area contributed by atoms with Gasteiger partial charge in [0.1, 0.15) is 0 Å². The molecule has 0 fully saturated rings. The second-order valence-electron chi connectivity index (χ2n) is 4.08. The maximum atomic E-state index is 11.2. The normalized spacial score (nSPS) is 11.5. The van der Waals surface area contributed by atoms with E-state index in [1.54, 1.807) is 12.1 Å². The van der Waals surface area contributed by atoms with Gasteiger partial charge in [0.25, 0.3) is 0 Å². The highest BCUT2D eigenvalue weighted by molar-refractivity contribution is 7.89. The van der Waals surface area contributed by atoms with E-state index in [2.05, 4.69) is 10.5 Å². The molecule has 0 unspecified atom stereocenters. The summed E-state index contributed by atoms with van der Waals surface area (Å²) in [5.41, 5.74) is 7.44. The predicted octanol–water partition coefficient (Wildman–Crippen LogP) is 0.825. The lowest BCUT2D eigenvalue weighted by molar-refractivity contribution is 0.384. The molecule has 5 N–H and O–H groups in total. The Hall–Kier alpha value is -2.06. The fourth-order valence-corrected chi connectivity index (χ4v) is 2.11. The van der Waals surface area contributed by atoms with Gasteiger partial charge in [-0.3, -0.25) is 0 Å². The summed E-state index contributed by atoms with van der Waals surface area (Å²) in [6, 6.07) is 6.04. The van der Waals surface area contributed by atoms with E-state index in [9.17, 15) is 8.42 Å². The first-order chi connectivity index (χ1) is 8.86. The Bertz CT molecular complexity index is 694. The number of nitrogens with zero attached hydrogens (tertiary/aromatic N) is 1. The number of benzene rings is 1. The first-order valence-corrected chi connectivity index (χ1v) is 6.99. The number of primary sulfonamides is 1. The molecule has 0 aliphatic carbocycles. The van der Waals surface area contributed by atoms with Crippen molar-refractivity contribution in [3.8, 4) is 0 Å². The fraction of sp³-hybridized carbons (Fsp3) is 0.182. The van der Waals surface area contributed by atoms with Crippen LogP contribution in [0, 0.1) is 6.92 Å². The van der Waals surface area contributed by atoms with Crippen LogP contribution in [0.4, 0.5) is 11.4 Å². The summed E-state index contributed by atoms with van der Waals surface area (Å²) < 4.78 is 27.3. The van der Waals surface area contributed by atoms with E-state index >= 15 is 0 Å². The van der Waals surface area contributed by atoms with E-state index in [1.165, 1.54) is 12.1 Å². The van der Waals surface area contributed by atoms with Gasteiger partial charge < -0.3 is 15.6 Å². The molecule has 1 aromatic heterocycles. The molecule has 0 aliphatic heterocycles. The van der Waals surface area contributed by atoms with E-state index in [0.29, 0.717) is 23.7 Å². The molecule has 0 bridgehead atoms. The molecule has 0 spiro atoms. The van der Waals surface area contributed by atoms with Crippen LogP contribution in [0.3, 0.4) is 0 Å². The second-order valence-corrected chi connectivity index (χ2v) is 5.64. The quantitative estimate of drug-likeness (QED) is 0.713. The first kappa shape index (κ1) is 13.4. The molecule has 19 heavy (non-hydrogen) atoms. The Morgan fingerprint density at radius 1 is 1.37 bits per heavy atom. The number of nitrogens with two attached hydrogens (primary N) is 2. The van der Waals surface area contributed by atoms with Crippen LogP contribution in [0.15, 0.2) is 33.7 Å². The minimum absolute atomic E-state index is 0.0222. The van der Waals surface area contributed by atoms with Gasteiger partial charge in [-0.25, -0.2) is 13.6 Å². The first-order valence-electron chi connectivity index (χ1n) is 5.44. The Kier molecular flexibility index (Phi) is 3.45. The third kappa shape index (κ3) is 3.24. The van der Waals surface area contributed by atoms with Crippen molar-refractivity contribution < 1.29 is 12.9 Å². The number of hydrogen-bond donors (Lipinski definition) is 3. The fourth-order valence-electron chi connectivity index (χ4n) is 1.56. The molecule has 0 radical (unpaired) electrons. The summed E-state index contributed by atoms with van der Waals surface area (Å²) in [6.07, 6.45) is 0. The van der Waals surface area contributed by atoms with Crippen molar-refractivity contribution in [1.29, 1.82) is 0 Å². The number of aromatic nitrogens is 1. The van der Waals surface area contributed by atoms with Gasteiger partial charge in [-0.15, -0.1) is 0 Å². The molecule has 0 amide bonds. The number of sulfonamides is 1. The molecular weight excluding hydrogens is 268 g/mol. The lowest BCUT2D eigenvalue weighted by Gasteiger charge is -2.08. The zero-order valence-corrected chi connectivity index (χ0v) is 11.1. The van der Waals surface area contributed by atoms with Crippen molar-refractivity contribution in [1.82, 2.24) is 5.16 Å². The second kappa shape index (κ2) is 4.90. The van der Waals surface area contributed by atoms with Crippen LogP contribution in [0.5, 0.6) is 0 Å². The molecule has 0 saturated carbocycles. The maximum Gasteiger partial charge on any atom is 0.238 e. The summed E-state index contributed by atoms with van der Waals surface area (Å²) in [5.74, 6) is 0.660. The van der Waals surface area contributed by atoms with Crippen LogP contribution in [0.2, 0.25) is 0 Å². The van der Waals surface area contributed by atoms with Crippen molar-refractivity contribution in [2.24, 2.45) is 5.14 Å². The Balaban J connectivity index is 2.14. The lowest BCUT2D eigenvalue weighted by Crippen LogP contribution is -2.13. The zero-order valence-electron chi connectivity index (χ0n) is 10.3. The standard InChI is InChI=1S/C11H14N4O3S/c1-7-4-8(18-15-7)6-14-11-3-2-9(5-10(11)12)19(13,16)17/h2-5,14H,6,12H2,1H3,(H2,13,16,17). The summed E-state index contributed by atoms with van der Waals surface area (Å²) in [5, 5.41) is 11.8. The maximum absolute atomic E-state index is 11.2. The summed E-state index contributed by atoms with van der Waals surface area (Å²) in [6.45, 7) is 2.22. The number of hydrogen-bond acceptors (Lipinski definition) is 6. The monoisotopic (exact) mass is 282 g/mol. The van der Waals surface area contributed by atoms with Gasteiger partial charge >= 0.3 is 0 Å². The van der Waals surface area contributed by atoms with Gasteiger partial charge in [-0.2, -0.15) is 0 Å². The van der Waals surface area contributed by atoms with Gasteiger partial charge in [0.2, 0.25) is 10.0 Å². The Labute approximate surface area is 110 Å². The van der Waals surface area contributed by atoms with Crippen LogP contribution in [0.1, 0.15) is 11.5 Å². The minimum Gasteiger partial charge on any atom is -0.397 e. The molecule has 0 atom stereocenters. The van der Waals surface area contributed by atoms with Crippen LogP contribution in [-0.4, -0.2) is 13.6 Å². The third-order valence-electron chi connectivity index (χ3n) is 2.48.